The molecule has 5 heteroatoms. The van der Waals surface area contributed by atoms with Gasteiger partial charge in [0.1, 0.15) is 18.2 Å². The van der Waals surface area contributed by atoms with Crippen LogP contribution in [0.3, 0.4) is 0 Å². The number of aliphatic imine (C=N–C) groups is 1. The Bertz CT molecular complexity index is 690. The second-order valence-electron chi connectivity index (χ2n) is 4.60. The largest absolute Gasteiger partial charge is 0.488 e. The summed E-state index contributed by atoms with van der Waals surface area (Å²) < 4.78 is 19.7. The highest BCUT2D eigenvalue weighted by Gasteiger charge is 2.12. The predicted octanol–water partition coefficient (Wildman–Crippen LogP) is 4.66. The third kappa shape index (κ3) is 3.66. The van der Waals surface area contributed by atoms with Gasteiger partial charge in [-0.05, 0) is 51.8 Å². The van der Waals surface area contributed by atoms with Crippen LogP contribution in [-0.4, -0.2) is 17.3 Å². The van der Waals surface area contributed by atoms with Crippen LogP contribution in [0.25, 0.3) is 0 Å². The number of hydrogen-bond acceptors (Lipinski definition) is 3. The first-order valence-electron chi connectivity index (χ1n) is 6.57. The molecule has 0 radical (unpaired) electrons. The van der Waals surface area contributed by atoms with Crippen LogP contribution < -0.4 is 4.74 Å². The van der Waals surface area contributed by atoms with Crippen molar-refractivity contribution in [1.82, 2.24) is 0 Å². The molecule has 2 nitrogen and oxygen atoms in total. The molecule has 0 saturated carbocycles. The predicted molar refractivity (Wildman–Crippen MR) is 88.7 cm³/mol. The van der Waals surface area contributed by atoms with Crippen LogP contribution in [0.4, 0.5) is 4.39 Å². The first-order chi connectivity index (χ1) is 10.2. The van der Waals surface area contributed by atoms with E-state index in [-0.39, 0.29) is 5.82 Å². The summed E-state index contributed by atoms with van der Waals surface area (Å²) in [6, 6.07) is 12.4. The summed E-state index contributed by atoms with van der Waals surface area (Å²) in [4.78, 5) is 4.46. The molecule has 0 amide bonds. The minimum Gasteiger partial charge on any atom is -0.488 e. The number of benzene rings is 2. The number of hydrogen-bond donors (Lipinski definition) is 0. The molecule has 108 valence electrons. The number of nitrogens with zero attached hydrogens (tertiary/aromatic N) is 1. The van der Waals surface area contributed by atoms with Gasteiger partial charge >= 0.3 is 0 Å². The van der Waals surface area contributed by atoms with Crippen molar-refractivity contribution in [3.8, 4) is 5.75 Å². The lowest BCUT2D eigenvalue weighted by atomic mass is 10.2. The molecule has 21 heavy (non-hydrogen) atoms. The van der Waals surface area contributed by atoms with Crippen LogP contribution in [0.15, 0.2) is 51.9 Å². The highest BCUT2D eigenvalue weighted by molar-refractivity contribution is 9.10. The molecule has 0 saturated heterocycles. The van der Waals surface area contributed by atoms with Gasteiger partial charge in [-0.1, -0.05) is 12.1 Å². The topological polar surface area (TPSA) is 21.6 Å². The quantitative estimate of drug-likeness (QED) is 0.785. The average molecular weight is 366 g/mol. The second kappa shape index (κ2) is 6.62. The Hall–Kier alpha value is -1.33. The molecule has 0 bridgehead atoms. The van der Waals surface area contributed by atoms with E-state index in [4.69, 9.17) is 4.74 Å². The first kappa shape index (κ1) is 14.6. The summed E-state index contributed by atoms with van der Waals surface area (Å²) in [5.41, 5.74) is 1.91. The molecular weight excluding hydrogens is 353 g/mol. The van der Waals surface area contributed by atoms with E-state index >= 15 is 0 Å². The summed E-state index contributed by atoms with van der Waals surface area (Å²) in [7, 11) is 0. The summed E-state index contributed by atoms with van der Waals surface area (Å²) in [5.74, 6) is 1.54. The summed E-state index contributed by atoms with van der Waals surface area (Å²) in [6.07, 6.45) is 0. The van der Waals surface area contributed by atoms with E-state index in [9.17, 15) is 4.39 Å². The number of ether oxygens (including phenoxy) is 1. The monoisotopic (exact) mass is 365 g/mol. The molecule has 0 aromatic heterocycles. The Morgan fingerprint density at radius 1 is 1.24 bits per heavy atom. The van der Waals surface area contributed by atoms with Crippen molar-refractivity contribution in [1.29, 1.82) is 0 Å². The molecule has 0 aliphatic carbocycles. The van der Waals surface area contributed by atoms with Crippen LogP contribution in [0, 0.1) is 5.82 Å². The van der Waals surface area contributed by atoms with E-state index in [1.54, 1.807) is 17.8 Å². The van der Waals surface area contributed by atoms with Crippen LogP contribution >= 0.6 is 27.7 Å². The molecule has 2 aromatic rings. The van der Waals surface area contributed by atoms with E-state index in [1.807, 2.05) is 24.3 Å². The smallest absolute Gasteiger partial charge is 0.134 e. The third-order valence-corrected chi connectivity index (χ3v) is 4.69. The van der Waals surface area contributed by atoms with Gasteiger partial charge in [0.25, 0.3) is 0 Å². The van der Waals surface area contributed by atoms with Gasteiger partial charge in [-0.2, -0.15) is 0 Å². The molecule has 1 aliphatic heterocycles. The maximum Gasteiger partial charge on any atom is 0.134 e. The molecule has 1 heterocycles. The fraction of sp³-hybridized carbons (Fsp3) is 0.188. The van der Waals surface area contributed by atoms with Crippen LogP contribution in [0.1, 0.15) is 11.1 Å². The van der Waals surface area contributed by atoms with Gasteiger partial charge < -0.3 is 4.74 Å². The van der Waals surface area contributed by atoms with Gasteiger partial charge in [0.2, 0.25) is 0 Å². The van der Waals surface area contributed by atoms with Crippen molar-refractivity contribution in [2.45, 2.75) is 6.61 Å². The maximum absolute atomic E-state index is 13.1. The van der Waals surface area contributed by atoms with Crippen LogP contribution in [-0.2, 0) is 6.61 Å². The van der Waals surface area contributed by atoms with E-state index in [1.165, 1.54) is 12.1 Å². The summed E-state index contributed by atoms with van der Waals surface area (Å²) in [6.45, 7) is 1.22. The summed E-state index contributed by atoms with van der Waals surface area (Å²) >= 11 is 5.29. The van der Waals surface area contributed by atoms with Gasteiger partial charge in [-0.3, -0.25) is 4.99 Å². The van der Waals surface area contributed by atoms with Crippen molar-refractivity contribution in [2.75, 3.05) is 12.3 Å². The lowest BCUT2D eigenvalue weighted by Gasteiger charge is -2.10. The van der Waals surface area contributed by atoms with Crippen molar-refractivity contribution in [2.24, 2.45) is 4.99 Å². The molecule has 3 rings (SSSR count). The highest BCUT2D eigenvalue weighted by atomic mass is 79.9. The zero-order valence-electron chi connectivity index (χ0n) is 11.2. The lowest BCUT2D eigenvalue weighted by molar-refractivity contribution is 0.303. The minimum absolute atomic E-state index is 0.248. The lowest BCUT2D eigenvalue weighted by Crippen LogP contribution is -1.98. The molecule has 1 aliphatic rings. The van der Waals surface area contributed by atoms with Crippen molar-refractivity contribution in [3.63, 3.8) is 0 Å². The Balaban J connectivity index is 1.71. The highest BCUT2D eigenvalue weighted by Crippen LogP contribution is 2.29. The number of thioether (sulfide) groups is 1. The van der Waals surface area contributed by atoms with Crippen molar-refractivity contribution < 1.29 is 9.13 Å². The molecule has 0 unspecified atom stereocenters. The Labute approximate surface area is 135 Å². The third-order valence-electron chi connectivity index (χ3n) is 3.05. The SMILES string of the molecule is Fc1cccc(COc2ccc(C3=NCCS3)cc2Br)c1. The van der Waals surface area contributed by atoms with Gasteiger partial charge in [-0.15, -0.1) is 11.8 Å². The van der Waals surface area contributed by atoms with E-state index in [0.29, 0.717) is 6.61 Å². The van der Waals surface area contributed by atoms with E-state index in [0.717, 1.165) is 38.7 Å². The van der Waals surface area contributed by atoms with Crippen molar-refractivity contribution in [3.05, 3.63) is 63.9 Å². The van der Waals surface area contributed by atoms with Gasteiger partial charge in [-0.25, -0.2) is 4.39 Å². The molecule has 0 atom stereocenters. The Morgan fingerprint density at radius 3 is 2.86 bits per heavy atom. The van der Waals surface area contributed by atoms with E-state index < -0.39 is 0 Å². The zero-order valence-corrected chi connectivity index (χ0v) is 13.6. The van der Waals surface area contributed by atoms with Gasteiger partial charge in [0, 0.05) is 17.9 Å². The fourth-order valence-corrected chi connectivity index (χ4v) is 3.39. The van der Waals surface area contributed by atoms with E-state index in [2.05, 4.69) is 20.9 Å². The summed E-state index contributed by atoms with van der Waals surface area (Å²) in [5, 5.41) is 1.08. The first-order valence-corrected chi connectivity index (χ1v) is 8.34. The fourth-order valence-electron chi connectivity index (χ4n) is 2.05. The number of halogens is 2. The number of rotatable bonds is 4. The molecular formula is C16H13BrFNOS. The molecule has 0 N–H and O–H groups in total. The average Bonchev–Trinajstić information content (AvgIpc) is 3.00. The molecule has 0 fully saturated rings. The van der Waals surface area contributed by atoms with Gasteiger partial charge in [0.15, 0.2) is 0 Å². The van der Waals surface area contributed by atoms with Crippen LogP contribution in [0.5, 0.6) is 5.75 Å². The Morgan fingerprint density at radius 2 is 2.14 bits per heavy atom. The molecule has 2 aromatic carbocycles. The maximum atomic E-state index is 13.1. The van der Waals surface area contributed by atoms with Crippen molar-refractivity contribution >= 4 is 32.7 Å². The zero-order chi connectivity index (χ0) is 14.7. The van der Waals surface area contributed by atoms with Crippen LogP contribution in [0.2, 0.25) is 0 Å². The minimum atomic E-state index is -0.248. The molecule has 0 spiro atoms. The standard InChI is InChI=1S/C16H13BrFNOS/c17-14-9-12(16-19-6-7-21-16)4-5-15(14)20-10-11-2-1-3-13(18)8-11/h1-5,8-9H,6-7,10H2. The second-order valence-corrected chi connectivity index (χ2v) is 6.54. The van der Waals surface area contributed by atoms with Gasteiger partial charge in [0.05, 0.1) is 9.52 Å². The Kier molecular flexibility index (Phi) is 4.60. The normalized spacial score (nSPS) is 14.1.